The van der Waals surface area contributed by atoms with Crippen LogP contribution in [0.1, 0.15) is 25.3 Å². The Labute approximate surface area is 206 Å². The first-order chi connectivity index (χ1) is 17.2. The fourth-order valence-corrected chi connectivity index (χ4v) is 5.16. The highest BCUT2D eigenvalue weighted by Gasteiger charge is 2.38. The Morgan fingerprint density at radius 1 is 1.14 bits per heavy atom. The Balaban J connectivity index is 1.57. The van der Waals surface area contributed by atoms with Gasteiger partial charge in [-0.3, -0.25) is 4.98 Å². The van der Waals surface area contributed by atoms with Crippen molar-refractivity contribution in [3.63, 3.8) is 0 Å². The average molecular weight is 497 g/mol. The van der Waals surface area contributed by atoms with Gasteiger partial charge in [0.2, 0.25) is 6.43 Å². The number of rotatable bonds is 6. The summed E-state index contributed by atoms with van der Waals surface area (Å²) in [5.41, 5.74) is 15.6. The summed E-state index contributed by atoms with van der Waals surface area (Å²) < 4.78 is 42.0. The number of nitrogens with zero attached hydrogens (tertiary/aromatic N) is 6. The predicted molar refractivity (Wildman–Crippen MR) is 132 cm³/mol. The fraction of sp³-hybridized carbons (Fsp3) is 0.360. The van der Waals surface area contributed by atoms with E-state index < -0.39 is 12.0 Å². The number of anilines is 2. The van der Waals surface area contributed by atoms with Crippen LogP contribution in [-0.2, 0) is 6.54 Å². The Kier molecular flexibility index (Phi) is 6.25. The van der Waals surface area contributed by atoms with Gasteiger partial charge >= 0.3 is 0 Å². The summed E-state index contributed by atoms with van der Waals surface area (Å²) in [6.07, 6.45) is 2.42. The van der Waals surface area contributed by atoms with E-state index in [1.165, 1.54) is 18.5 Å². The zero-order valence-electron chi connectivity index (χ0n) is 19.8. The number of hydrogen-bond donors (Lipinski definition) is 2. The lowest BCUT2D eigenvalue weighted by atomic mass is 9.81. The first-order valence-corrected chi connectivity index (χ1v) is 11.7. The second-order valence-corrected chi connectivity index (χ2v) is 9.66. The fourth-order valence-electron chi connectivity index (χ4n) is 5.16. The van der Waals surface area contributed by atoms with Crippen LogP contribution >= 0.6 is 0 Å². The molecule has 4 heterocycles. The molecule has 4 N–H and O–H groups in total. The molecular formula is C25H27F3N8. The van der Waals surface area contributed by atoms with Crippen LogP contribution in [-0.4, -0.2) is 49.6 Å². The van der Waals surface area contributed by atoms with Gasteiger partial charge in [0.25, 0.3) is 0 Å². The molecule has 0 unspecified atom stereocenters. The number of pyridine rings is 1. The highest BCUT2D eigenvalue weighted by molar-refractivity contribution is 5.81. The van der Waals surface area contributed by atoms with Crippen molar-refractivity contribution in [3.05, 3.63) is 60.6 Å². The normalized spacial score (nSPS) is 20.4. The van der Waals surface area contributed by atoms with Crippen LogP contribution in [0.15, 0.2) is 49.2 Å². The van der Waals surface area contributed by atoms with E-state index in [1.807, 2.05) is 22.5 Å². The molecule has 11 heteroatoms. The number of piperidine rings is 1. The SMILES string of the molecule is C[C@@H]1CN(c2cnc(-c3ccc(F)cc3)cc2Cn2cnc3c(N)ncnc32)C[C@@](N)(CC(F)F)C1. The number of nitrogen functional groups attached to an aromatic ring is 1. The average Bonchev–Trinajstić information content (AvgIpc) is 3.22. The number of imidazole rings is 1. The maximum Gasteiger partial charge on any atom is 0.240 e. The van der Waals surface area contributed by atoms with E-state index in [9.17, 15) is 13.2 Å². The van der Waals surface area contributed by atoms with Crippen molar-refractivity contribution < 1.29 is 13.2 Å². The molecule has 3 aromatic heterocycles. The van der Waals surface area contributed by atoms with Gasteiger partial charge in [0.15, 0.2) is 11.5 Å². The molecule has 1 saturated heterocycles. The van der Waals surface area contributed by atoms with Crippen LogP contribution in [0.4, 0.5) is 24.7 Å². The molecule has 0 radical (unpaired) electrons. The molecular weight excluding hydrogens is 469 g/mol. The van der Waals surface area contributed by atoms with Crippen molar-refractivity contribution in [3.8, 4) is 11.3 Å². The summed E-state index contributed by atoms with van der Waals surface area (Å²) in [6.45, 7) is 3.33. The summed E-state index contributed by atoms with van der Waals surface area (Å²) >= 11 is 0. The Morgan fingerprint density at radius 2 is 1.92 bits per heavy atom. The summed E-state index contributed by atoms with van der Waals surface area (Å²) in [4.78, 5) is 19.3. The number of hydrogen-bond acceptors (Lipinski definition) is 7. The Morgan fingerprint density at radius 3 is 2.67 bits per heavy atom. The van der Waals surface area contributed by atoms with E-state index in [2.05, 4.69) is 19.9 Å². The van der Waals surface area contributed by atoms with Gasteiger partial charge in [0.05, 0.1) is 30.5 Å². The molecule has 1 aliphatic heterocycles. The number of aromatic nitrogens is 5. The van der Waals surface area contributed by atoms with E-state index in [0.29, 0.717) is 36.4 Å². The van der Waals surface area contributed by atoms with Crippen LogP contribution in [0.3, 0.4) is 0 Å². The molecule has 0 amide bonds. The second kappa shape index (κ2) is 9.38. The van der Waals surface area contributed by atoms with Gasteiger partial charge < -0.3 is 20.9 Å². The van der Waals surface area contributed by atoms with Gasteiger partial charge in [0, 0.05) is 30.6 Å². The van der Waals surface area contributed by atoms with E-state index in [4.69, 9.17) is 11.5 Å². The van der Waals surface area contributed by atoms with Crippen molar-refractivity contribution in [2.45, 2.75) is 38.3 Å². The lowest BCUT2D eigenvalue weighted by Gasteiger charge is -2.44. The first-order valence-electron chi connectivity index (χ1n) is 11.7. The third kappa shape index (κ3) is 4.83. The largest absolute Gasteiger partial charge is 0.382 e. The summed E-state index contributed by atoms with van der Waals surface area (Å²) in [6, 6.07) is 8.01. The molecule has 36 heavy (non-hydrogen) atoms. The third-order valence-electron chi connectivity index (χ3n) is 6.57. The topological polar surface area (TPSA) is 112 Å². The minimum Gasteiger partial charge on any atom is -0.382 e. The van der Waals surface area contributed by atoms with Gasteiger partial charge in [-0.15, -0.1) is 0 Å². The van der Waals surface area contributed by atoms with E-state index in [1.54, 1.807) is 24.7 Å². The van der Waals surface area contributed by atoms with E-state index >= 15 is 0 Å². The standard InChI is InChI=1S/C25H27F3N8/c1-15-7-25(30,8-21(27)28)12-35(10-15)20-9-31-19(16-2-4-18(26)5-3-16)6-17(20)11-36-14-34-22-23(29)32-13-33-24(22)36/h2-6,9,13-15,21H,7-8,10-12,30H2,1H3,(H2,29,32,33)/t15-,25-/m0/s1. The molecule has 4 aromatic rings. The third-order valence-corrected chi connectivity index (χ3v) is 6.57. The number of benzene rings is 1. The zero-order chi connectivity index (χ0) is 25.4. The van der Waals surface area contributed by atoms with E-state index in [-0.39, 0.29) is 30.5 Å². The van der Waals surface area contributed by atoms with Gasteiger partial charge in [-0.1, -0.05) is 6.92 Å². The smallest absolute Gasteiger partial charge is 0.240 e. The number of halogens is 3. The first kappa shape index (κ1) is 24.0. The number of nitrogens with two attached hydrogens (primary N) is 2. The molecule has 5 rings (SSSR count). The van der Waals surface area contributed by atoms with Gasteiger partial charge in [-0.25, -0.2) is 28.1 Å². The minimum atomic E-state index is -2.48. The van der Waals surface area contributed by atoms with Crippen molar-refractivity contribution in [2.24, 2.45) is 11.7 Å². The zero-order valence-corrected chi connectivity index (χ0v) is 19.8. The molecule has 0 saturated carbocycles. The molecule has 8 nitrogen and oxygen atoms in total. The van der Waals surface area contributed by atoms with Crippen molar-refractivity contribution >= 4 is 22.7 Å². The minimum absolute atomic E-state index is 0.119. The summed E-state index contributed by atoms with van der Waals surface area (Å²) in [5, 5.41) is 0. The summed E-state index contributed by atoms with van der Waals surface area (Å²) in [5.74, 6) is 0.0672. The summed E-state index contributed by atoms with van der Waals surface area (Å²) in [7, 11) is 0. The lowest BCUT2D eigenvalue weighted by molar-refractivity contribution is 0.0919. The molecule has 0 spiro atoms. The molecule has 2 atom stereocenters. The molecule has 188 valence electrons. The monoisotopic (exact) mass is 496 g/mol. The predicted octanol–water partition coefficient (Wildman–Crippen LogP) is 3.86. The highest BCUT2D eigenvalue weighted by atomic mass is 19.3. The molecule has 0 aliphatic carbocycles. The highest BCUT2D eigenvalue weighted by Crippen LogP contribution is 2.34. The molecule has 0 bridgehead atoms. The van der Waals surface area contributed by atoms with Crippen LogP contribution in [0, 0.1) is 11.7 Å². The van der Waals surface area contributed by atoms with Gasteiger partial charge in [0.1, 0.15) is 17.7 Å². The number of alkyl halides is 2. The van der Waals surface area contributed by atoms with Crippen molar-refractivity contribution in [1.29, 1.82) is 0 Å². The Bertz CT molecular complexity index is 1370. The van der Waals surface area contributed by atoms with Gasteiger partial charge in [-0.2, -0.15) is 0 Å². The second-order valence-electron chi connectivity index (χ2n) is 9.66. The van der Waals surface area contributed by atoms with Crippen molar-refractivity contribution in [2.75, 3.05) is 23.7 Å². The van der Waals surface area contributed by atoms with Crippen LogP contribution in [0.2, 0.25) is 0 Å². The van der Waals surface area contributed by atoms with Crippen LogP contribution in [0.5, 0.6) is 0 Å². The molecule has 1 aromatic carbocycles. The Hall–Kier alpha value is -3.73. The van der Waals surface area contributed by atoms with Crippen LogP contribution < -0.4 is 16.4 Å². The number of fused-ring (bicyclic) bond motifs is 1. The maximum atomic E-state index is 13.5. The van der Waals surface area contributed by atoms with Crippen LogP contribution in [0.25, 0.3) is 22.4 Å². The van der Waals surface area contributed by atoms with Gasteiger partial charge in [-0.05, 0) is 48.2 Å². The molecule has 1 fully saturated rings. The van der Waals surface area contributed by atoms with Crippen molar-refractivity contribution in [1.82, 2.24) is 24.5 Å². The quantitative estimate of drug-likeness (QED) is 0.417. The lowest BCUT2D eigenvalue weighted by Crippen LogP contribution is -2.58. The molecule has 1 aliphatic rings. The van der Waals surface area contributed by atoms with E-state index in [0.717, 1.165) is 16.8 Å². The maximum absolute atomic E-state index is 13.5.